The van der Waals surface area contributed by atoms with Crippen molar-refractivity contribution >= 4 is 5.91 Å². The first kappa shape index (κ1) is 9.39. The van der Waals surface area contributed by atoms with Crippen LogP contribution in [0.3, 0.4) is 0 Å². The van der Waals surface area contributed by atoms with Crippen LogP contribution in [-0.2, 0) is 4.79 Å². The first-order valence-electron chi connectivity index (χ1n) is 3.25. The largest absolute Gasteiger partial charge is 0.330 e. The topological polar surface area (TPSA) is 44.4 Å². The maximum Gasteiger partial charge on any atom is 0.220 e. The third-order valence-electron chi connectivity index (χ3n) is 1.43. The number of amides is 1. The molecule has 0 fully saturated rings. The molecule has 0 aliphatic heterocycles. The number of rotatable bonds is 3. The Balaban J connectivity index is 3.69. The molecule has 0 aromatic rings. The first-order chi connectivity index (χ1) is 4.59. The molecule has 0 spiro atoms. The van der Waals surface area contributed by atoms with Crippen LogP contribution in [0.5, 0.6) is 0 Å². The third-order valence-corrected chi connectivity index (χ3v) is 1.43. The molecule has 0 aliphatic rings. The molecule has 0 aromatic heterocycles. The van der Waals surface area contributed by atoms with Crippen LogP contribution in [0.4, 0.5) is 0 Å². The molecule has 2 N–H and O–H groups in total. The summed E-state index contributed by atoms with van der Waals surface area (Å²) in [5, 5.41) is 0. The van der Waals surface area contributed by atoms with Crippen LogP contribution < -0.4 is 10.9 Å². The van der Waals surface area contributed by atoms with E-state index in [1.807, 2.05) is 6.92 Å². The van der Waals surface area contributed by atoms with E-state index in [-0.39, 0.29) is 12.1 Å². The van der Waals surface area contributed by atoms with E-state index < -0.39 is 0 Å². The molecule has 0 heterocycles. The van der Waals surface area contributed by atoms with Gasteiger partial charge in [-0.25, -0.2) is 5.43 Å². The zero-order valence-corrected chi connectivity index (χ0v) is 6.93. The Morgan fingerprint density at radius 1 is 1.60 bits per heavy atom. The third kappa shape index (κ3) is 2.80. The smallest absolute Gasteiger partial charge is 0.220 e. The van der Waals surface area contributed by atoms with Gasteiger partial charge in [-0.1, -0.05) is 0 Å². The summed E-state index contributed by atoms with van der Waals surface area (Å²) in [4.78, 5) is 12.3. The lowest BCUT2D eigenvalue weighted by Gasteiger charge is -2.23. The number of nitrogens with one attached hydrogen (secondary N) is 2. The van der Waals surface area contributed by atoms with Gasteiger partial charge in [0.05, 0.1) is 6.17 Å². The minimum absolute atomic E-state index is 0.0301. The molecule has 0 aromatic carbocycles. The van der Waals surface area contributed by atoms with Gasteiger partial charge in [-0.05, 0) is 14.0 Å². The highest BCUT2D eigenvalue weighted by Gasteiger charge is 2.08. The second-order valence-electron chi connectivity index (χ2n) is 2.20. The van der Waals surface area contributed by atoms with Gasteiger partial charge in [-0.2, -0.15) is 0 Å². The summed E-state index contributed by atoms with van der Waals surface area (Å²) in [5.74, 6) is 0.0512. The number of hydrogen-bond acceptors (Lipinski definition) is 3. The Morgan fingerprint density at radius 3 is 2.40 bits per heavy atom. The van der Waals surface area contributed by atoms with Gasteiger partial charge in [0.2, 0.25) is 5.91 Å². The minimum Gasteiger partial charge on any atom is -0.330 e. The van der Waals surface area contributed by atoms with E-state index in [1.165, 1.54) is 6.92 Å². The van der Waals surface area contributed by atoms with Crippen molar-refractivity contribution in [2.24, 2.45) is 0 Å². The maximum atomic E-state index is 10.7. The fraction of sp³-hybridized carbons (Fsp3) is 0.833. The van der Waals surface area contributed by atoms with Gasteiger partial charge in [-0.3, -0.25) is 10.2 Å². The Kier molecular flexibility index (Phi) is 3.99. The lowest BCUT2D eigenvalue weighted by molar-refractivity contribution is -0.130. The lowest BCUT2D eigenvalue weighted by atomic mass is 10.5. The normalized spacial score (nSPS) is 12.8. The number of carbonyl (C=O) groups excluding carboxylic acids is 1. The molecule has 4 nitrogen and oxygen atoms in total. The van der Waals surface area contributed by atoms with Crippen LogP contribution in [0.2, 0.25) is 0 Å². The molecule has 60 valence electrons. The van der Waals surface area contributed by atoms with Crippen LogP contribution >= 0.6 is 0 Å². The van der Waals surface area contributed by atoms with E-state index >= 15 is 0 Å². The highest BCUT2D eigenvalue weighted by Crippen LogP contribution is 1.88. The second kappa shape index (κ2) is 4.24. The summed E-state index contributed by atoms with van der Waals surface area (Å²) in [6.07, 6.45) is 0.0301. The standard InChI is InChI=1S/C6H15N3O/c1-5(8-7-3)9(4)6(2)10/h5,7-8H,1-4H3. The average molecular weight is 145 g/mol. The van der Waals surface area contributed by atoms with Crippen LogP contribution in [0.25, 0.3) is 0 Å². The summed E-state index contributed by atoms with van der Waals surface area (Å²) in [6.45, 7) is 3.44. The molecule has 0 saturated carbocycles. The van der Waals surface area contributed by atoms with Crippen molar-refractivity contribution < 1.29 is 4.79 Å². The number of hydrogen-bond donors (Lipinski definition) is 2. The highest BCUT2D eigenvalue weighted by atomic mass is 16.2. The fourth-order valence-corrected chi connectivity index (χ4v) is 0.578. The summed E-state index contributed by atoms with van der Waals surface area (Å²) >= 11 is 0. The van der Waals surface area contributed by atoms with Crippen molar-refractivity contribution in [3.05, 3.63) is 0 Å². The Labute approximate surface area is 61.6 Å². The molecular weight excluding hydrogens is 130 g/mol. The second-order valence-corrected chi connectivity index (χ2v) is 2.20. The summed E-state index contributed by atoms with van der Waals surface area (Å²) in [6, 6.07) is 0. The summed E-state index contributed by atoms with van der Waals surface area (Å²) < 4.78 is 0. The van der Waals surface area contributed by atoms with Crippen LogP contribution in [0, 0.1) is 0 Å². The Morgan fingerprint density at radius 2 is 2.10 bits per heavy atom. The molecule has 0 radical (unpaired) electrons. The Hall–Kier alpha value is -0.610. The molecule has 10 heavy (non-hydrogen) atoms. The molecule has 0 bridgehead atoms. The van der Waals surface area contributed by atoms with E-state index in [0.717, 1.165) is 0 Å². The van der Waals surface area contributed by atoms with Gasteiger partial charge >= 0.3 is 0 Å². The van der Waals surface area contributed by atoms with E-state index in [0.29, 0.717) is 0 Å². The molecule has 4 heteroatoms. The van der Waals surface area contributed by atoms with Crippen molar-refractivity contribution in [3.8, 4) is 0 Å². The molecule has 0 saturated heterocycles. The van der Waals surface area contributed by atoms with Gasteiger partial charge < -0.3 is 4.90 Å². The number of nitrogens with zero attached hydrogens (tertiary/aromatic N) is 1. The fourth-order valence-electron chi connectivity index (χ4n) is 0.578. The molecular formula is C6H15N3O. The van der Waals surface area contributed by atoms with Crippen molar-refractivity contribution in [2.75, 3.05) is 14.1 Å². The predicted octanol–water partition coefficient (Wildman–Crippen LogP) is -0.465. The number of hydrazine groups is 1. The Bertz CT molecular complexity index is 116. The van der Waals surface area contributed by atoms with E-state index in [1.54, 1.807) is 19.0 Å². The molecule has 0 rings (SSSR count). The van der Waals surface area contributed by atoms with E-state index in [4.69, 9.17) is 0 Å². The molecule has 1 amide bonds. The average Bonchev–Trinajstić information content (AvgIpc) is 1.87. The van der Waals surface area contributed by atoms with Crippen LogP contribution in [0.15, 0.2) is 0 Å². The SMILES string of the molecule is CNNC(C)N(C)C(C)=O. The van der Waals surface area contributed by atoms with Crippen molar-refractivity contribution in [2.45, 2.75) is 20.0 Å². The van der Waals surface area contributed by atoms with E-state index in [2.05, 4.69) is 10.9 Å². The van der Waals surface area contributed by atoms with Crippen molar-refractivity contribution in [1.82, 2.24) is 15.8 Å². The maximum absolute atomic E-state index is 10.7. The van der Waals surface area contributed by atoms with Crippen molar-refractivity contribution in [1.29, 1.82) is 0 Å². The van der Waals surface area contributed by atoms with Gasteiger partial charge in [0.25, 0.3) is 0 Å². The predicted molar refractivity (Wildman–Crippen MR) is 40.1 cm³/mol. The number of carbonyl (C=O) groups is 1. The zero-order valence-electron chi connectivity index (χ0n) is 6.93. The summed E-state index contributed by atoms with van der Waals surface area (Å²) in [7, 11) is 3.52. The first-order valence-corrected chi connectivity index (χ1v) is 3.25. The van der Waals surface area contributed by atoms with Gasteiger partial charge in [0.1, 0.15) is 0 Å². The quantitative estimate of drug-likeness (QED) is 0.417. The van der Waals surface area contributed by atoms with E-state index in [9.17, 15) is 4.79 Å². The van der Waals surface area contributed by atoms with Gasteiger partial charge in [-0.15, -0.1) is 0 Å². The monoisotopic (exact) mass is 145 g/mol. The zero-order chi connectivity index (χ0) is 8.15. The van der Waals surface area contributed by atoms with Gasteiger partial charge in [0.15, 0.2) is 0 Å². The lowest BCUT2D eigenvalue weighted by Crippen LogP contribution is -2.48. The van der Waals surface area contributed by atoms with Crippen LogP contribution in [-0.4, -0.2) is 31.1 Å². The highest BCUT2D eigenvalue weighted by molar-refractivity contribution is 5.73. The molecule has 1 atom stereocenters. The van der Waals surface area contributed by atoms with Gasteiger partial charge in [0, 0.05) is 14.0 Å². The molecule has 0 aliphatic carbocycles. The summed E-state index contributed by atoms with van der Waals surface area (Å²) in [5.41, 5.74) is 5.64. The van der Waals surface area contributed by atoms with Crippen LogP contribution in [0.1, 0.15) is 13.8 Å². The van der Waals surface area contributed by atoms with Crippen molar-refractivity contribution in [3.63, 3.8) is 0 Å². The molecule has 1 unspecified atom stereocenters. The minimum atomic E-state index is 0.0301.